The Morgan fingerprint density at radius 2 is 2.21 bits per heavy atom. The van der Waals surface area contributed by atoms with Crippen molar-refractivity contribution in [1.29, 1.82) is 0 Å². The van der Waals surface area contributed by atoms with E-state index in [1.165, 1.54) is 0 Å². The average molecular weight is 194 g/mol. The van der Waals surface area contributed by atoms with Crippen molar-refractivity contribution in [1.82, 2.24) is 9.97 Å². The molecule has 1 aliphatic carbocycles. The van der Waals surface area contributed by atoms with E-state index in [-0.39, 0.29) is 5.92 Å². The maximum absolute atomic E-state index is 13.4. The van der Waals surface area contributed by atoms with E-state index in [4.69, 9.17) is 0 Å². The van der Waals surface area contributed by atoms with Gasteiger partial charge in [0.15, 0.2) is 0 Å². The smallest absolute Gasteiger partial charge is 0.134 e. The fraction of sp³-hybridized carbons (Fsp3) is 0.636. The lowest BCUT2D eigenvalue weighted by Gasteiger charge is -2.06. The van der Waals surface area contributed by atoms with Gasteiger partial charge in [-0.3, -0.25) is 0 Å². The van der Waals surface area contributed by atoms with Gasteiger partial charge < -0.3 is 0 Å². The minimum absolute atomic E-state index is 0.0822. The van der Waals surface area contributed by atoms with E-state index in [0.717, 1.165) is 5.69 Å². The van der Waals surface area contributed by atoms with Crippen LogP contribution in [0.25, 0.3) is 0 Å². The first-order valence-corrected chi connectivity index (χ1v) is 5.02. The second-order valence-electron chi connectivity index (χ2n) is 4.53. The van der Waals surface area contributed by atoms with Gasteiger partial charge in [0.25, 0.3) is 0 Å². The van der Waals surface area contributed by atoms with Crippen LogP contribution in [0.2, 0.25) is 0 Å². The lowest BCUT2D eigenvalue weighted by atomic mass is 10.1. The molecule has 0 amide bonds. The molecular weight excluding hydrogens is 179 g/mol. The van der Waals surface area contributed by atoms with Gasteiger partial charge in [0.2, 0.25) is 0 Å². The molecule has 2 atom stereocenters. The number of halogens is 1. The van der Waals surface area contributed by atoms with Crippen LogP contribution in [0.1, 0.15) is 50.5 Å². The summed E-state index contributed by atoms with van der Waals surface area (Å²) in [5, 5.41) is 0. The summed E-state index contributed by atoms with van der Waals surface area (Å²) >= 11 is 0. The molecule has 0 aliphatic heterocycles. The maximum atomic E-state index is 13.4. The van der Waals surface area contributed by atoms with Gasteiger partial charge in [0.05, 0.1) is 5.92 Å². The largest absolute Gasteiger partial charge is 0.243 e. The molecule has 0 saturated heterocycles. The maximum Gasteiger partial charge on any atom is 0.134 e. The summed E-state index contributed by atoms with van der Waals surface area (Å²) in [6.45, 7) is 5.77. The minimum Gasteiger partial charge on any atom is -0.243 e. The van der Waals surface area contributed by atoms with Crippen molar-refractivity contribution >= 4 is 0 Å². The molecule has 1 fully saturated rings. The zero-order valence-corrected chi connectivity index (χ0v) is 8.79. The predicted octanol–water partition coefficient (Wildman–Crippen LogP) is 2.82. The second-order valence-corrected chi connectivity index (χ2v) is 4.53. The summed E-state index contributed by atoms with van der Waals surface area (Å²) in [5.74, 6) is 0.962. The Hall–Kier alpha value is -0.990. The summed E-state index contributed by atoms with van der Waals surface area (Å²) in [5.41, 5.74) is -0.0759. The van der Waals surface area contributed by atoms with Crippen molar-refractivity contribution < 1.29 is 4.39 Å². The van der Waals surface area contributed by atoms with Crippen molar-refractivity contribution in [3.05, 3.63) is 23.8 Å². The normalized spacial score (nSPS) is 30.8. The Kier molecular flexibility index (Phi) is 2.05. The summed E-state index contributed by atoms with van der Waals surface area (Å²) in [6, 6.07) is 1.89. The molecule has 76 valence electrons. The quantitative estimate of drug-likeness (QED) is 0.723. The third kappa shape index (κ3) is 1.63. The van der Waals surface area contributed by atoms with Gasteiger partial charge in [-0.2, -0.15) is 0 Å². The fourth-order valence-electron chi connectivity index (χ4n) is 1.58. The van der Waals surface area contributed by atoms with E-state index in [1.54, 1.807) is 13.1 Å². The van der Waals surface area contributed by atoms with E-state index in [1.807, 2.05) is 6.07 Å². The highest BCUT2D eigenvalue weighted by molar-refractivity contribution is 5.20. The van der Waals surface area contributed by atoms with Crippen LogP contribution in [0.15, 0.2) is 12.3 Å². The SMILES string of the molecule is CC(C)c1ccnc([C@H]2CC2(C)F)n1. The van der Waals surface area contributed by atoms with Crippen LogP contribution in [0, 0.1) is 0 Å². The van der Waals surface area contributed by atoms with Gasteiger partial charge in [-0.25, -0.2) is 14.4 Å². The first-order valence-electron chi connectivity index (χ1n) is 5.02. The van der Waals surface area contributed by atoms with Crippen LogP contribution >= 0.6 is 0 Å². The highest BCUT2D eigenvalue weighted by Crippen LogP contribution is 2.52. The van der Waals surface area contributed by atoms with Gasteiger partial charge in [-0.05, 0) is 25.3 Å². The molecule has 3 heteroatoms. The van der Waals surface area contributed by atoms with E-state index < -0.39 is 5.67 Å². The van der Waals surface area contributed by atoms with Gasteiger partial charge in [-0.15, -0.1) is 0 Å². The molecule has 1 heterocycles. The molecule has 0 aromatic carbocycles. The number of nitrogens with zero attached hydrogens (tertiary/aromatic N) is 2. The lowest BCUT2D eigenvalue weighted by Crippen LogP contribution is -2.03. The highest BCUT2D eigenvalue weighted by atomic mass is 19.1. The molecule has 1 aromatic heterocycles. The Morgan fingerprint density at radius 1 is 1.57 bits per heavy atom. The summed E-state index contributed by atoms with van der Waals surface area (Å²) in [7, 11) is 0. The van der Waals surface area contributed by atoms with Gasteiger partial charge in [-0.1, -0.05) is 13.8 Å². The molecule has 0 bridgehead atoms. The van der Waals surface area contributed by atoms with Crippen molar-refractivity contribution in [2.45, 2.75) is 44.7 Å². The van der Waals surface area contributed by atoms with Gasteiger partial charge in [0, 0.05) is 11.9 Å². The Morgan fingerprint density at radius 3 is 2.71 bits per heavy atom. The van der Waals surface area contributed by atoms with Crippen LogP contribution in [0.4, 0.5) is 4.39 Å². The van der Waals surface area contributed by atoms with E-state index in [0.29, 0.717) is 18.2 Å². The molecular formula is C11H15FN2. The number of hydrogen-bond donors (Lipinski definition) is 0. The number of rotatable bonds is 2. The second kappa shape index (κ2) is 3.01. The topological polar surface area (TPSA) is 25.8 Å². The zero-order valence-electron chi connectivity index (χ0n) is 8.79. The van der Waals surface area contributed by atoms with E-state index in [9.17, 15) is 4.39 Å². The molecule has 1 aromatic rings. The summed E-state index contributed by atoms with van der Waals surface area (Å²) < 4.78 is 13.4. The Labute approximate surface area is 83.6 Å². The summed E-state index contributed by atoms with van der Waals surface area (Å²) in [4.78, 5) is 8.51. The van der Waals surface area contributed by atoms with Crippen molar-refractivity contribution in [3.63, 3.8) is 0 Å². The Balaban J connectivity index is 2.24. The molecule has 2 rings (SSSR count). The minimum atomic E-state index is -1.07. The van der Waals surface area contributed by atoms with Crippen molar-refractivity contribution in [2.24, 2.45) is 0 Å². The first-order chi connectivity index (χ1) is 6.50. The van der Waals surface area contributed by atoms with E-state index in [2.05, 4.69) is 23.8 Å². The van der Waals surface area contributed by atoms with E-state index >= 15 is 0 Å². The predicted molar refractivity (Wildman–Crippen MR) is 53.0 cm³/mol. The molecule has 0 spiro atoms. The molecule has 1 saturated carbocycles. The first kappa shape index (κ1) is 9.56. The Bertz CT molecular complexity index is 347. The van der Waals surface area contributed by atoms with Crippen LogP contribution in [0.5, 0.6) is 0 Å². The van der Waals surface area contributed by atoms with Crippen LogP contribution in [-0.2, 0) is 0 Å². The van der Waals surface area contributed by atoms with Crippen LogP contribution in [-0.4, -0.2) is 15.6 Å². The molecule has 0 N–H and O–H groups in total. The number of alkyl halides is 1. The van der Waals surface area contributed by atoms with Crippen LogP contribution < -0.4 is 0 Å². The fourth-order valence-corrected chi connectivity index (χ4v) is 1.58. The summed E-state index contributed by atoms with van der Waals surface area (Å²) in [6.07, 6.45) is 2.29. The number of hydrogen-bond acceptors (Lipinski definition) is 2. The lowest BCUT2D eigenvalue weighted by molar-refractivity contribution is 0.325. The average Bonchev–Trinajstić information content (AvgIpc) is 2.75. The third-order valence-electron chi connectivity index (χ3n) is 2.77. The van der Waals surface area contributed by atoms with Crippen LogP contribution in [0.3, 0.4) is 0 Å². The molecule has 1 aliphatic rings. The molecule has 0 radical (unpaired) electrons. The molecule has 2 nitrogen and oxygen atoms in total. The zero-order chi connectivity index (χ0) is 10.3. The third-order valence-corrected chi connectivity index (χ3v) is 2.77. The standard InChI is InChI=1S/C11H15FN2/c1-7(2)9-4-5-13-10(14-9)8-6-11(8,3)12/h4-5,7-8H,6H2,1-3H3/t8-,11?/m1/s1. The monoisotopic (exact) mass is 194 g/mol. The number of aromatic nitrogens is 2. The molecule has 14 heavy (non-hydrogen) atoms. The van der Waals surface area contributed by atoms with Gasteiger partial charge in [0.1, 0.15) is 11.5 Å². The van der Waals surface area contributed by atoms with Crippen molar-refractivity contribution in [2.75, 3.05) is 0 Å². The van der Waals surface area contributed by atoms with Crippen molar-refractivity contribution in [3.8, 4) is 0 Å². The molecule has 1 unspecified atom stereocenters. The van der Waals surface area contributed by atoms with Gasteiger partial charge >= 0.3 is 0 Å². The highest BCUT2D eigenvalue weighted by Gasteiger charge is 2.53.